The Balaban J connectivity index is 1.90. The van der Waals surface area contributed by atoms with Crippen LogP contribution in [0.2, 0.25) is 0 Å². The quantitative estimate of drug-likeness (QED) is 0.737. The maximum absolute atomic E-state index is 3.62. The SMILES string of the molecule is CN1[C@H]2Nc3ccccc3[C@@H]1Nc1ccccc12. The number of hydrogen-bond donors (Lipinski definition) is 2. The zero-order valence-corrected chi connectivity index (χ0v) is 10.2. The van der Waals surface area contributed by atoms with Crippen LogP contribution in [0, 0.1) is 0 Å². The molecule has 2 aliphatic heterocycles. The lowest BCUT2D eigenvalue weighted by molar-refractivity contribution is 0.191. The Morgan fingerprint density at radius 1 is 0.778 bits per heavy atom. The number of rotatable bonds is 0. The second-order valence-electron chi connectivity index (χ2n) is 4.93. The number of nitrogens with one attached hydrogen (secondary N) is 2. The summed E-state index contributed by atoms with van der Waals surface area (Å²) in [5, 5.41) is 7.24. The molecule has 0 aliphatic carbocycles. The molecular formula is C15H15N3. The van der Waals surface area contributed by atoms with E-state index in [2.05, 4.69) is 71.1 Å². The van der Waals surface area contributed by atoms with Gasteiger partial charge >= 0.3 is 0 Å². The molecule has 0 amide bonds. The molecule has 0 fully saturated rings. The average Bonchev–Trinajstić information content (AvgIpc) is 2.40. The summed E-state index contributed by atoms with van der Waals surface area (Å²) in [5.74, 6) is 0. The van der Waals surface area contributed by atoms with Crippen molar-refractivity contribution in [3.05, 3.63) is 59.7 Å². The van der Waals surface area contributed by atoms with Gasteiger partial charge in [-0.1, -0.05) is 36.4 Å². The highest BCUT2D eigenvalue weighted by Crippen LogP contribution is 2.45. The molecule has 0 saturated carbocycles. The number of fused-ring (bicyclic) bond motifs is 6. The normalized spacial score (nSPS) is 24.5. The van der Waals surface area contributed by atoms with Crippen LogP contribution >= 0.6 is 0 Å². The molecular weight excluding hydrogens is 222 g/mol. The summed E-state index contributed by atoms with van der Waals surface area (Å²) in [6, 6.07) is 17.0. The first kappa shape index (κ1) is 9.97. The molecule has 0 spiro atoms. The van der Waals surface area contributed by atoms with Crippen molar-refractivity contribution in [3.8, 4) is 0 Å². The minimum absolute atomic E-state index is 0.252. The van der Waals surface area contributed by atoms with Gasteiger partial charge in [-0.2, -0.15) is 0 Å². The molecule has 2 heterocycles. The third kappa shape index (κ3) is 1.22. The van der Waals surface area contributed by atoms with E-state index in [1.165, 1.54) is 22.5 Å². The summed E-state index contributed by atoms with van der Waals surface area (Å²) in [7, 11) is 2.15. The van der Waals surface area contributed by atoms with Gasteiger partial charge in [-0.15, -0.1) is 0 Å². The first-order valence-corrected chi connectivity index (χ1v) is 6.27. The van der Waals surface area contributed by atoms with Crippen molar-refractivity contribution in [1.29, 1.82) is 0 Å². The second-order valence-corrected chi connectivity index (χ2v) is 4.93. The predicted octanol–water partition coefficient (Wildman–Crippen LogP) is 3.17. The number of para-hydroxylation sites is 2. The monoisotopic (exact) mass is 237 g/mol. The van der Waals surface area contributed by atoms with Gasteiger partial charge in [0, 0.05) is 22.5 Å². The lowest BCUT2D eigenvalue weighted by Crippen LogP contribution is -2.45. The van der Waals surface area contributed by atoms with Gasteiger partial charge in [0.1, 0.15) is 12.3 Å². The van der Waals surface area contributed by atoms with Crippen LogP contribution in [0.4, 0.5) is 11.4 Å². The molecule has 0 unspecified atom stereocenters. The molecule has 2 N–H and O–H groups in total. The molecule has 0 radical (unpaired) electrons. The van der Waals surface area contributed by atoms with E-state index < -0.39 is 0 Å². The number of hydrogen-bond acceptors (Lipinski definition) is 3. The van der Waals surface area contributed by atoms with Crippen LogP contribution < -0.4 is 10.6 Å². The number of benzene rings is 2. The molecule has 3 nitrogen and oxygen atoms in total. The Bertz CT molecular complexity index is 555. The largest absolute Gasteiger partial charge is 0.365 e. The fraction of sp³-hybridized carbons (Fsp3) is 0.200. The maximum Gasteiger partial charge on any atom is 0.109 e. The van der Waals surface area contributed by atoms with E-state index in [1.807, 2.05) is 0 Å². The highest BCUT2D eigenvalue weighted by molar-refractivity contribution is 5.65. The van der Waals surface area contributed by atoms with Crippen molar-refractivity contribution >= 4 is 11.4 Å². The van der Waals surface area contributed by atoms with E-state index in [0.29, 0.717) is 0 Å². The van der Waals surface area contributed by atoms with Gasteiger partial charge in [-0.05, 0) is 19.2 Å². The zero-order chi connectivity index (χ0) is 12.1. The van der Waals surface area contributed by atoms with Crippen molar-refractivity contribution < 1.29 is 0 Å². The maximum atomic E-state index is 3.62. The van der Waals surface area contributed by atoms with Crippen LogP contribution in [0.15, 0.2) is 48.5 Å². The fourth-order valence-corrected chi connectivity index (χ4v) is 2.98. The fourth-order valence-electron chi connectivity index (χ4n) is 2.98. The summed E-state index contributed by atoms with van der Waals surface area (Å²) >= 11 is 0. The van der Waals surface area contributed by atoms with Crippen LogP contribution in [0.25, 0.3) is 0 Å². The molecule has 2 aromatic rings. The standard InChI is InChI=1S/C15H15N3/c1-18-14-10-6-2-4-8-12(10)16-15(18)11-7-3-5-9-13(11)17-14/h2-9,14-17H,1H3/t14-,15-/m1/s1. The van der Waals surface area contributed by atoms with E-state index in [4.69, 9.17) is 0 Å². The summed E-state index contributed by atoms with van der Waals surface area (Å²) in [4.78, 5) is 2.34. The number of nitrogens with zero attached hydrogens (tertiary/aromatic N) is 1. The first-order chi connectivity index (χ1) is 8.84. The Kier molecular flexibility index (Phi) is 1.94. The van der Waals surface area contributed by atoms with E-state index in [9.17, 15) is 0 Å². The van der Waals surface area contributed by atoms with E-state index >= 15 is 0 Å². The van der Waals surface area contributed by atoms with Gasteiger partial charge in [-0.25, -0.2) is 0 Å². The Morgan fingerprint density at radius 2 is 1.22 bits per heavy atom. The summed E-state index contributed by atoms with van der Waals surface area (Å²) in [5.41, 5.74) is 5.08. The highest BCUT2D eigenvalue weighted by Gasteiger charge is 2.37. The molecule has 0 saturated heterocycles. The third-order valence-electron chi connectivity index (χ3n) is 3.91. The molecule has 0 aromatic heterocycles. The molecule has 90 valence electrons. The van der Waals surface area contributed by atoms with Gasteiger partial charge in [0.2, 0.25) is 0 Å². The molecule has 4 rings (SSSR count). The van der Waals surface area contributed by atoms with Crippen LogP contribution in [0.1, 0.15) is 23.5 Å². The van der Waals surface area contributed by atoms with Gasteiger partial charge in [0.25, 0.3) is 0 Å². The van der Waals surface area contributed by atoms with Gasteiger partial charge in [0.15, 0.2) is 0 Å². The Morgan fingerprint density at radius 3 is 1.72 bits per heavy atom. The molecule has 2 atom stereocenters. The van der Waals surface area contributed by atoms with Crippen LogP contribution in [0.5, 0.6) is 0 Å². The van der Waals surface area contributed by atoms with Crippen molar-refractivity contribution in [2.24, 2.45) is 0 Å². The highest BCUT2D eigenvalue weighted by atomic mass is 15.4. The Hall–Kier alpha value is -2.00. The molecule has 18 heavy (non-hydrogen) atoms. The van der Waals surface area contributed by atoms with Crippen molar-refractivity contribution in [2.45, 2.75) is 12.3 Å². The minimum Gasteiger partial charge on any atom is -0.365 e. The van der Waals surface area contributed by atoms with Crippen molar-refractivity contribution in [2.75, 3.05) is 17.7 Å². The topological polar surface area (TPSA) is 27.3 Å². The molecule has 2 bridgehead atoms. The molecule has 3 heteroatoms. The van der Waals surface area contributed by atoms with E-state index in [1.54, 1.807) is 0 Å². The van der Waals surface area contributed by atoms with Gasteiger partial charge in [-0.3, -0.25) is 4.90 Å². The van der Waals surface area contributed by atoms with Crippen molar-refractivity contribution in [1.82, 2.24) is 4.90 Å². The zero-order valence-electron chi connectivity index (χ0n) is 10.2. The second kappa shape index (κ2) is 3.50. The lowest BCUT2D eigenvalue weighted by atomic mass is 9.97. The van der Waals surface area contributed by atoms with Gasteiger partial charge in [0.05, 0.1) is 0 Å². The minimum atomic E-state index is 0.252. The van der Waals surface area contributed by atoms with Crippen LogP contribution in [-0.4, -0.2) is 11.9 Å². The Labute approximate surface area is 106 Å². The van der Waals surface area contributed by atoms with Crippen molar-refractivity contribution in [3.63, 3.8) is 0 Å². The van der Waals surface area contributed by atoms with E-state index in [-0.39, 0.29) is 12.3 Å². The molecule has 2 aliphatic rings. The third-order valence-corrected chi connectivity index (χ3v) is 3.91. The molecule has 2 aromatic carbocycles. The van der Waals surface area contributed by atoms with E-state index in [0.717, 1.165) is 0 Å². The predicted molar refractivity (Wildman–Crippen MR) is 73.4 cm³/mol. The summed E-state index contributed by atoms with van der Waals surface area (Å²) < 4.78 is 0. The lowest BCUT2D eigenvalue weighted by Gasteiger charge is -2.47. The van der Waals surface area contributed by atoms with Crippen LogP contribution in [-0.2, 0) is 0 Å². The first-order valence-electron chi connectivity index (χ1n) is 6.27. The van der Waals surface area contributed by atoms with Crippen LogP contribution in [0.3, 0.4) is 0 Å². The average molecular weight is 237 g/mol. The van der Waals surface area contributed by atoms with Gasteiger partial charge < -0.3 is 10.6 Å². The number of anilines is 2. The summed E-state index contributed by atoms with van der Waals surface area (Å²) in [6.07, 6.45) is 0.504. The smallest absolute Gasteiger partial charge is 0.109 e. The summed E-state index contributed by atoms with van der Waals surface area (Å²) in [6.45, 7) is 0.